The van der Waals surface area contributed by atoms with Gasteiger partial charge in [-0.3, -0.25) is 14.4 Å². The molecule has 0 saturated carbocycles. The molecule has 1 fully saturated rings. The fourth-order valence-electron chi connectivity index (χ4n) is 4.56. The van der Waals surface area contributed by atoms with E-state index >= 15 is 0 Å². The van der Waals surface area contributed by atoms with Crippen LogP contribution in [0.4, 0.5) is 0 Å². The van der Waals surface area contributed by atoms with Crippen molar-refractivity contribution in [3.8, 4) is 0 Å². The Balaban J connectivity index is 1.37. The molecule has 6 nitrogen and oxygen atoms in total. The number of piperazine rings is 1. The van der Waals surface area contributed by atoms with Gasteiger partial charge < -0.3 is 14.2 Å². The normalized spacial score (nSPS) is 16.2. The van der Waals surface area contributed by atoms with E-state index in [1.165, 1.54) is 10.5 Å². The molecule has 5 rings (SSSR count). The fraction of sp³-hybridized carbons (Fsp3) is 0.240. The first kappa shape index (κ1) is 19.5. The third-order valence-corrected chi connectivity index (χ3v) is 6.20. The molecular formula is C25H23N2O4+. The first-order valence-corrected chi connectivity index (χ1v) is 10.5. The third-order valence-electron chi connectivity index (χ3n) is 6.20. The number of nitrogens with one attached hydrogen (secondary N) is 1. The highest BCUT2D eigenvalue weighted by atomic mass is 16.4. The summed E-state index contributed by atoms with van der Waals surface area (Å²) in [5, 5.41) is 0. The van der Waals surface area contributed by atoms with Crippen LogP contribution in [0, 0.1) is 6.92 Å². The second-order valence-electron chi connectivity index (χ2n) is 8.15. The second kappa shape index (κ2) is 7.63. The average molecular weight is 415 g/mol. The van der Waals surface area contributed by atoms with E-state index in [2.05, 4.69) is 12.1 Å². The number of quaternary nitrogens is 1. The Morgan fingerprint density at radius 1 is 0.935 bits per heavy atom. The minimum absolute atomic E-state index is 0.0158. The molecule has 1 aromatic heterocycles. The van der Waals surface area contributed by atoms with Crippen molar-refractivity contribution in [2.24, 2.45) is 0 Å². The van der Waals surface area contributed by atoms with Gasteiger partial charge in [0.1, 0.15) is 12.3 Å². The highest BCUT2D eigenvalue weighted by Crippen LogP contribution is 2.33. The molecule has 0 bridgehead atoms. The van der Waals surface area contributed by atoms with Crippen molar-refractivity contribution < 1.29 is 23.7 Å². The Kier molecular flexibility index (Phi) is 4.79. The maximum Gasteiger partial charge on any atom is 0.258 e. The van der Waals surface area contributed by atoms with Crippen LogP contribution in [0.15, 0.2) is 59.0 Å². The predicted octanol–water partition coefficient (Wildman–Crippen LogP) is 1.90. The lowest BCUT2D eigenvalue weighted by Crippen LogP contribution is -3.13. The van der Waals surface area contributed by atoms with E-state index in [4.69, 9.17) is 4.42 Å². The van der Waals surface area contributed by atoms with E-state index in [1.807, 2.05) is 18.2 Å². The number of nitrogens with zero attached hydrogens (tertiary/aromatic N) is 1. The number of furan rings is 1. The van der Waals surface area contributed by atoms with Crippen LogP contribution in [-0.2, 0) is 6.54 Å². The highest BCUT2D eigenvalue weighted by molar-refractivity contribution is 6.30. The molecule has 3 aromatic rings. The number of fused-ring (bicyclic) bond motifs is 2. The topological polar surface area (TPSA) is 72.0 Å². The number of amides is 1. The molecule has 2 aromatic carbocycles. The van der Waals surface area contributed by atoms with E-state index in [-0.39, 0.29) is 34.4 Å². The van der Waals surface area contributed by atoms with Crippen LogP contribution < -0.4 is 4.90 Å². The summed E-state index contributed by atoms with van der Waals surface area (Å²) in [7, 11) is 0. The molecule has 2 aliphatic rings. The minimum atomic E-state index is -0.343. The van der Waals surface area contributed by atoms with Crippen LogP contribution in [0.3, 0.4) is 0 Å². The maximum absolute atomic E-state index is 13.4. The third kappa shape index (κ3) is 3.29. The highest BCUT2D eigenvalue weighted by Gasteiger charge is 2.40. The van der Waals surface area contributed by atoms with Crippen LogP contribution >= 0.6 is 0 Å². The molecule has 1 amide bonds. The zero-order valence-electron chi connectivity index (χ0n) is 17.3. The van der Waals surface area contributed by atoms with E-state index in [9.17, 15) is 14.4 Å². The molecule has 0 unspecified atom stereocenters. The van der Waals surface area contributed by atoms with Gasteiger partial charge in [0.2, 0.25) is 5.78 Å². The van der Waals surface area contributed by atoms with Gasteiger partial charge in [0, 0.05) is 16.7 Å². The molecule has 6 heteroatoms. The molecule has 0 radical (unpaired) electrons. The summed E-state index contributed by atoms with van der Waals surface area (Å²) in [4.78, 5) is 42.6. The number of carbonyl (C=O) groups is 3. The molecule has 0 spiro atoms. The van der Waals surface area contributed by atoms with Gasteiger partial charge in [-0.05, 0) is 6.92 Å². The molecule has 156 valence electrons. The molecule has 0 atom stereocenters. The molecule has 1 N–H and O–H groups in total. The maximum atomic E-state index is 13.4. The average Bonchev–Trinajstić information content (AvgIpc) is 3.15. The number of benzene rings is 2. The van der Waals surface area contributed by atoms with E-state index in [0.29, 0.717) is 30.0 Å². The summed E-state index contributed by atoms with van der Waals surface area (Å²) >= 11 is 0. The Bertz CT molecular complexity index is 1190. The summed E-state index contributed by atoms with van der Waals surface area (Å²) in [5.41, 5.74) is 2.28. The van der Waals surface area contributed by atoms with Crippen LogP contribution in [0.25, 0.3) is 0 Å². The number of hydrogen-bond acceptors (Lipinski definition) is 4. The molecule has 1 aliphatic carbocycles. The second-order valence-corrected chi connectivity index (χ2v) is 8.15. The molecule has 1 aliphatic heterocycles. The fourth-order valence-corrected chi connectivity index (χ4v) is 4.56. The summed E-state index contributed by atoms with van der Waals surface area (Å²) in [6.07, 6.45) is 0. The van der Waals surface area contributed by atoms with Crippen molar-refractivity contribution in [2.45, 2.75) is 13.5 Å². The van der Waals surface area contributed by atoms with Gasteiger partial charge in [0.25, 0.3) is 5.91 Å². The van der Waals surface area contributed by atoms with Crippen molar-refractivity contribution in [3.05, 3.63) is 93.9 Å². The number of rotatable bonds is 3. The van der Waals surface area contributed by atoms with Gasteiger partial charge in [0.05, 0.1) is 37.3 Å². The standard InChI is InChI=1S/C25H22N2O4/c1-16-20(21-22(28)18-9-5-6-10-19(18)23(29)24(21)31-16)25(30)27-13-11-26(12-14-27)15-17-7-3-2-4-8-17/h2-10H,11-15H2,1H3/p+1. The van der Waals surface area contributed by atoms with Crippen molar-refractivity contribution in [1.29, 1.82) is 0 Å². The van der Waals surface area contributed by atoms with E-state index in [1.54, 1.807) is 36.1 Å². The SMILES string of the molecule is Cc1oc2c(c1C(=O)N1CC[NH+](Cc3ccccc3)CC1)C(=O)c1ccccc1C2=O. The van der Waals surface area contributed by atoms with Gasteiger partial charge in [-0.15, -0.1) is 0 Å². The number of hydrogen-bond donors (Lipinski definition) is 1. The van der Waals surface area contributed by atoms with Crippen molar-refractivity contribution in [2.75, 3.05) is 26.2 Å². The number of aryl methyl sites for hydroxylation is 1. The van der Waals surface area contributed by atoms with Crippen LogP contribution in [0.5, 0.6) is 0 Å². The van der Waals surface area contributed by atoms with Gasteiger partial charge in [-0.25, -0.2) is 0 Å². The Hall–Kier alpha value is -3.51. The predicted molar refractivity (Wildman–Crippen MR) is 113 cm³/mol. The summed E-state index contributed by atoms with van der Waals surface area (Å²) in [5.74, 6) is -0.591. The summed E-state index contributed by atoms with van der Waals surface area (Å²) in [6.45, 7) is 5.42. The number of carbonyl (C=O) groups excluding carboxylic acids is 3. The van der Waals surface area contributed by atoms with Crippen LogP contribution in [0.1, 0.15) is 53.7 Å². The smallest absolute Gasteiger partial charge is 0.258 e. The van der Waals surface area contributed by atoms with Crippen molar-refractivity contribution in [1.82, 2.24) is 4.90 Å². The molecule has 1 saturated heterocycles. The Labute approximate surface area is 180 Å². The van der Waals surface area contributed by atoms with Crippen LogP contribution in [0.2, 0.25) is 0 Å². The Morgan fingerprint density at radius 2 is 1.55 bits per heavy atom. The van der Waals surface area contributed by atoms with Crippen LogP contribution in [-0.4, -0.2) is 48.6 Å². The first-order chi connectivity index (χ1) is 15.0. The van der Waals surface area contributed by atoms with Gasteiger partial charge >= 0.3 is 0 Å². The van der Waals surface area contributed by atoms with Gasteiger partial charge in [-0.2, -0.15) is 0 Å². The molecular weight excluding hydrogens is 392 g/mol. The number of ketones is 2. The minimum Gasteiger partial charge on any atom is -0.456 e. The largest absolute Gasteiger partial charge is 0.456 e. The zero-order valence-corrected chi connectivity index (χ0v) is 17.3. The van der Waals surface area contributed by atoms with E-state index in [0.717, 1.165) is 19.6 Å². The zero-order chi connectivity index (χ0) is 21.5. The van der Waals surface area contributed by atoms with Crippen molar-refractivity contribution in [3.63, 3.8) is 0 Å². The van der Waals surface area contributed by atoms with Crippen molar-refractivity contribution >= 4 is 17.5 Å². The van der Waals surface area contributed by atoms with Gasteiger partial charge in [-0.1, -0.05) is 54.6 Å². The summed E-state index contributed by atoms with van der Waals surface area (Å²) in [6, 6.07) is 17.0. The Morgan fingerprint density at radius 3 is 2.23 bits per heavy atom. The van der Waals surface area contributed by atoms with Gasteiger partial charge in [0.15, 0.2) is 11.5 Å². The molecule has 31 heavy (non-hydrogen) atoms. The lowest BCUT2D eigenvalue weighted by Gasteiger charge is -2.32. The van der Waals surface area contributed by atoms with E-state index < -0.39 is 0 Å². The molecule has 2 heterocycles. The lowest BCUT2D eigenvalue weighted by atomic mass is 9.86. The summed E-state index contributed by atoms with van der Waals surface area (Å²) < 4.78 is 5.67. The quantitative estimate of drug-likeness (QED) is 0.555. The lowest BCUT2D eigenvalue weighted by molar-refractivity contribution is -0.917. The monoisotopic (exact) mass is 415 g/mol. The first-order valence-electron chi connectivity index (χ1n) is 10.5.